The van der Waals surface area contributed by atoms with E-state index >= 15 is 0 Å². The Hall–Kier alpha value is -3.25. The Bertz CT molecular complexity index is 968. The van der Waals surface area contributed by atoms with Crippen LogP contribution in [0.2, 0.25) is 0 Å². The molecular weight excluding hydrogens is 370 g/mol. The van der Waals surface area contributed by atoms with Crippen molar-refractivity contribution in [3.05, 3.63) is 83.4 Å². The van der Waals surface area contributed by atoms with E-state index in [4.69, 9.17) is 0 Å². The number of nitrogens with zero attached hydrogens (tertiary/aromatic N) is 2. The molecule has 0 saturated heterocycles. The lowest BCUT2D eigenvalue weighted by atomic mass is 10.1. The molecule has 1 N–H and O–H groups in total. The molecule has 0 aliphatic heterocycles. The molecule has 1 atom stereocenters. The molecule has 1 aromatic heterocycles. The number of anilines is 2. The predicted octanol–water partition coefficient (Wildman–Crippen LogP) is 4.72. The van der Waals surface area contributed by atoms with Crippen LogP contribution in [0.1, 0.15) is 31.1 Å². The first kappa shape index (κ1) is 19.5. The number of rotatable bonds is 6. The number of hydrogen-bond acceptors (Lipinski definition) is 4. The van der Waals surface area contributed by atoms with Crippen molar-refractivity contribution in [2.75, 3.05) is 4.90 Å². The van der Waals surface area contributed by atoms with Gasteiger partial charge in [0, 0.05) is 18.4 Å². The van der Waals surface area contributed by atoms with E-state index in [0.29, 0.717) is 10.8 Å². The minimum absolute atomic E-state index is 0.0874. The second-order valence-corrected chi connectivity index (χ2v) is 7.06. The molecule has 3 aromatic rings. The summed E-state index contributed by atoms with van der Waals surface area (Å²) in [7, 11) is 0. The minimum Gasteiger partial charge on any atom is -0.346 e. The van der Waals surface area contributed by atoms with Crippen LogP contribution in [-0.4, -0.2) is 16.8 Å². The molecule has 0 saturated carbocycles. The molecule has 142 valence electrons. The first-order valence-electron chi connectivity index (χ1n) is 8.89. The lowest BCUT2D eigenvalue weighted by Crippen LogP contribution is -2.24. The third-order valence-corrected chi connectivity index (χ3v) is 4.94. The molecule has 5 nitrogen and oxygen atoms in total. The Labute approximate surface area is 168 Å². The van der Waals surface area contributed by atoms with Gasteiger partial charge in [-0.3, -0.25) is 14.5 Å². The summed E-state index contributed by atoms with van der Waals surface area (Å²) in [5.74, 6) is -0.317. The molecule has 2 amide bonds. The Kier molecular flexibility index (Phi) is 6.34. The first-order chi connectivity index (χ1) is 13.5. The van der Waals surface area contributed by atoms with Crippen LogP contribution in [0.25, 0.3) is 6.08 Å². The van der Waals surface area contributed by atoms with Gasteiger partial charge in [0.2, 0.25) is 11.8 Å². The van der Waals surface area contributed by atoms with E-state index in [1.165, 1.54) is 24.3 Å². The average molecular weight is 391 g/mol. The molecule has 2 aromatic carbocycles. The zero-order valence-electron chi connectivity index (χ0n) is 15.7. The van der Waals surface area contributed by atoms with Crippen LogP contribution in [-0.2, 0) is 9.59 Å². The maximum absolute atomic E-state index is 12.2. The van der Waals surface area contributed by atoms with Gasteiger partial charge in [0.25, 0.3) is 0 Å². The van der Waals surface area contributed by atoms with E-state index in [0.717, 1.165) is 11.3 Å². The van der Waals surface area contributed by atoms with E-state index in [-0.39, 0.29) is 17.9 Å². The first-order valence-corrected chi connectivity index (χ1v) is 9.77. The highest BCUT2D eigenvalue weighted by molar-refractivity contribution is 7.14. The second kappa shape index (κ2) is 9.10. The van der Waals surface area contributed by atoms with Crippen molar-refractivity contribution in [2.24, 2.45) is 0 Å². The van der Waals surface area contributed by atoms with Gasteiger partial charge in [0.1, 0.15) is 0 Å². The van der Waals surface area contributed by atoms with Crippen LogP contribution in [0.4, 0.5) is 10.8 Å². The average Bonchev–Trinajstić information content (AvgIpc) is 3.16. The van der Waals surface area contributed by atoms with Gasteiger partial charge in [0.05, 0.1) is 17.4 Å². The molecule has 0 spiro atoms. The molecule has 0 aliphatic rings. The summed E-state index contributed by atoms with van der Waals surface area (Å²) in [5, 5.41) is 5.31. The highest BCUT2D eigenvalue weighted by Crippen LogP contribution is 2.29. The standard InChI is InChI=1S/C22H21N3O2S/c1-16(18-9-5-3-6-10-18)23-21(27)14-13-19-15-28-22(24-19)25(17(2)26)20-11-7-4-8-12-20/h3-16H,1-2H3,(H,23,27)/b14-13+. The van der Waals surface area contributed by atoms with Crippen LogP contribution >= 0.6 is 11.3 Å². The summed E-state index contributed by atoms with van der Waals surface area (Å²) in [6.07, 6.45) is 3.11. The zero-order chi connectivity index (χ0) is 19.9. The van der Waals surface area contributed by atoms with Crippen LogP contribution in [0, 0.1) is 0 Å². The van der Waals surface area contributed by atoms with E-state index in [2.05, 4.69) is 10.3 Å². The Balaban J connectivity index is 1.68. The molecule has 0 fully saturated rings. The zero-order valence-corrected chi connectivity index (χ0v) is 16.5. The molecule has 0 radical (unpaired) electrons. The fraction of sp³-hybridized carbons (Fsp3) is 0.136. The van der Waals surface area contributed by atoms with E-state index in [1.807, 2.05) is 73.0 Å². The monoisotopic (exact) mass is 391 g/mol. The van der Waals surface area contributed by atoms with Crippen molar-refractivity contribution in [1.82, 2.24) is 10.3 Å². The number of benzene rings is 2. The molecule has 0 aliphatic carbocycles. The topological polar surface area (TPSA) is 62.3 Å². The van der Waals surface area contributed by atoms with Gasteiger partial charge in [0.15, 0.2) is 5.13 Å². The van der Waals surface area contributed by atoms with E-state index in [9.17, 15) is 9.59 Å². The summed E-state index contributed by atoms with van der Waals surface area (Å²) in [4.78, 5) is 30.3. The third-order valence-electron chi connectivity index (χ3n) is 4.09. The Morgan fingerprint density at radius 1 is 1.07 bits per heavy atom. The van der Waals surface area contributed by atoms with Crippen LogP contribution in [0.5, 0.6) is 0 Å². The van der Waals surface area contributed by atoms with Crippen LogP contribution in [0.15, 0.2) is 72.1 Å². The number of carbonyl (C=O) groups excluding carboxylic acids is 2. The maximum atomic E-state index is 12.2. The fourth-order valence-electron chi connectivity index (χ4n) is 2.71. The number of nitrogens with one attached hydrogen (secondary N) is 1. The lowest BCUT2D eigenvalue weighted by molar-refractivity contribution is -0.117. The largest absolute Gasteiger partial charge is 0.346 e. The van der Waals surface area contributed by atoms with Crippen molar-refractivity contribution >= 4 is 40.0 Å². The molecule has 1 unspecified atom stereocenters. The normalized spacial score (nSPS) is 11.9. The third kappa shape index (κ3) is 4.92. The van der Waals surface area contributed by atoms with Gasteiger partial charge in [-0.2, -0.15) is 0 Å². The van der Waals surface area contributed by atoms with Gasteiger partial charge >= 0.3 is 0 Å². The number of hydrogen-bond donors (Lipinski definition) is 1. The Morgan fingerprint density at radius 3 is 2.36 bits per heavy atom. The molecular formula is C22H21N3O2S. The molecule has 1 heterocycles. The van der Waals surface area contributed by atoms with Gasteiger partial charge in [-0.1, -0.05) is 48.5 Å². The second-order valence-electron chi connectivity index (χ2n) is 6.22. The molecule has 3 rings (SSSR count). The van der Waals surface area contributed by atoms with Crippen molar-refractivity contribution in [2.45, 2.75) is 19.9 Å². The lowest BCUT2D eigenvalue weighted by Gasteiger charge is -2.17. The number of para-hydroxylation sites is 1. The smallest absolute Gasteiger partial charge is 0.244 e. The number of carbonyl (C=O) groups is 2. The van der Waals surface area contributed by atoms with Crippen molar-refractivity contribution < 1.29 is 9.59 Å². The number of amides is 2. The fourth-order valence-corrected chi connectivity index (χ4v) is 3.56. The van der Waals surface area contributed by atoms with Crippen LogP contribution in [0.3, 0.4) is 0 Å². The predicted molar refractivity (Wildman–Crippen MR) is 113 cm³/mol. The number of thiazole rings is 1. The van der Waals surface area contributed by atoms with E-state index < -0.39 is 0 Å². The minimum atomic E-state index is -0.197. The van der Waals surface area contributed by atoms with Crippen molar-refractivity contribution in [1.29, 1.82) is 0 Å². The summed E-state index contributed by atoms with van der Waals surface area (Å²) < 4.78 is 0. The summed E-state index contributed by atoms with van der Waals surface area (Å²) >= 11 is 1.35. The molecule has 6 heteroatoms. The molecule has 28 heavy (non-hydrogen) atoms. The van der Waals surface area contributed by atoms with Gasteiger partial charge in [-0.05, 0) is 30.7 Å². The van der Waals surface area contributed by atoms with Crippen LogP contribution < -0.4 is 10.2 Å². The van der Waals surface area contributed by atoms with Crippen molar-refractivity contribution in [3.63, 3.8) is 0 Å². The van der Waals surface area contributed by atoms with Gasteiger partial charge in [-0.25, -0.2) is 4.98 Å². The molecule has 0 bridgehead atoms. The van der Waals surface area contributed by atoms with Crippen molar-refractivity contribution in [3.8, 4) is 0 Å². The maximum Gasteiger partial charge on any atom is 0.244 e. The highest BCUT2D eigenvalue weighted by Gasteiger charge is 2.17. The SMILES string of the molecule is CC(=O)N(c1ccccc1)c1nc(/C=C/C(=O)NC(C)c2ccccc2)cs1. The summed E-state index contributed by atoms with van der Waals surface area (Å²) in [6, 6.07) is 19.0. The highest BCUT2D eigenvalue weighted by atomic mass is 32.1. The quantitative estimate of drug-likeness (QED) is 0.619. The van der Waals surface area contributed by atoms with Gasteiger partial charge in [-0.15, -0.1) is 11.3 Å². The van der Waals surface area contributed by atoms with E-state index in [1.54, 1.807) is 11.0 Å². The summed E-state index contributed by atoms with van der Waals surface area (Å²) in [6.45, 7) is 3.44. The van der Waals surface area contributed by atoms with Gasteiger partial charge < -0.3 is 5.32 Å². The Morgan fingerprint density at radius 2 is 1.71 bits per heavy atom. The summed E-state index contributed by atoms with van der Waals surface area (Å²) in [5.41, 5.74) is 2.43. The number of aromatic nitrogens is 1.